The number of halogens is 4. The number of rotatable bonds is 10. The van der Waals surface area contributed by atoms with Gasteiger partial charge in [-0.15, -0.1) is 13.2 Å². The Kier molecular flexibility index (Phi) is 8.46. The van der Waals surface area contributed by atoms with E-state index >= 15 is 0 Å². The van der Waals surface area contributed by atoms with Crippen molar-refractivity contribution >= 4 is 44.5 Å². The molecular weight excluding hydrogens is 570 g/mol. The second-order valence-electron chi connectivity index (χ2n) is 8.43. The minimum absolute atomic E-state index is 0.00491. The maximum absolute atomic E-state index is 14.6. The third kappa shape index (κ3) is 8.17. The number of alkyl halides is 3. The van der Waals surface area contributed by atoms with E-state index in [0.29, 0.717) is 22.7 Å². The number of primary sulfonamides is 1. The molecule has 1 atom stereocenters. The first kappa shape index (κ1) is 29.3. The van der Waals surface area contributed by atoms with E-state index in [1.165, 1.54) is 35.2 Å². The molecule has 216 valence electrons. The summed E-state index contributed by atoms with van der Waals surface area (Å²) in [6.45, 7) is 0. The Morgan fingerprint density at radius 2 is 1.59 bits per heavy atom. The topological polar surface area (TPSA) is 155 Å². The first-order valence-electron chi connectivity index (χ1n) is 11.6. The lowest BCUT2D eigenvalue weighted by atomic mass is 10.2. The summed E-state index contributed by atoms with van der Waals surface area (Å²) in [5, 5.41) is 23.7. The van der Waals surface area contributed by atoms with Crippen LogP contribution in [0.5, 0.6) is 5.75 Å². The van der Waals surface area contributed by atoms with Gasteiger partial charge in [0.1, 0.15) is 5.75 Å². The molecule has 0 aliphatic rings. The molecule has 0 aliphatic heterocycles. The zero-order chi connectivity index (χ0) is 29.8. The fourth-order valence-electron chi connectivity index (χ4n) is 3.54. The van der Waals surface area contributed by atoms with E-state index in [1.807, 2.05) is 0 Å². The van der Waals surface area contributed by atoms with Gasteiger partial charge in [0.25, 0.3) is 0 Å². The second-order valence-corrected chi connectivity index (χ2v) is 9.99. The van der Waals surface area contributed by atoms with Gasteiger partial charge in [0.15, 0.2) is 11.6 Å². The van der Waals surface area contributed by atoms with E-state index in [9.17, 15) is 31.1 Å². The van der Waals surface area contributed by atoms with E-state index < -0.39 is 34.3 Å². The Morgan fingerprint density at radius 3 is 2.17 bits per heavy atom. The fourth-order valence-corrected chi connectivity index (χ4v) is 4.10. The lowest BCUT2D eigenvalue weighted by Gasteiger charge is -2.21. The van der Waals surface area contributed by atoms with Crippen molar-refractivity contribution in [2.24, 2.45) is 5.14 Å². The average Bonchev–Trinajstić information content (AvgIpc) is 2.90. The zero-order valence-corrected chi connectivity index (χ0v) is 21.9. The van der Waals surface area contributed by atoms with E-state index in [-0.39, 0.29) is 16.7 Å². The van der Waals surface area contributed by atoms with Crippen molar-refractivity contribution in [3.05, 3.63) is 84.8 Å². The van der Waals surface area contributed by atoms with Gasteiger partial charge in [-0.25, -0.2) is 22.9 Å². The average molecular weight is 594 g/mol. The van der Waals surface area contributed by atoms with Crippen LogP contribution in [-0.2, 0) is 10.0 Å². The van der Waals surface area contributed by atoms with Crippen LogP contribution in [0.4, 0.5) is 52.1 Å². The fraction of sp³-hybridized carbons (Fsp3) is 0.120. The van der Waals surface area contributed by atoms with Gasteiger partial charge < -0.3 is 30.7 Å². The molecular formula is C25H23F4N7O4S. The molecule has 1 aromatic heterocycles. The van der Waals surface area contributed by atoms with E-state index in [1.54, 1.807) is 37.4 Å². The van der Waals surface area contributed by atoms with Crippen LogP contribution in [0.2, 0.25) is 0 Å². The number of aliphatic hydroxyl groups excluding tert-OH is 1. The summed E-state index contributed by atoms with van der Waals surface area (Å²) in [6.07, 6.45) is -5.14. The number of ether oxygens (including phenoxy) is 1. The number of hydrogen-bond acceptors (Lipinski definition) is 10. The quantitative estimate of drug-likeness (QED) is 0.131. The predicted octanol–water partition coefficient (Wildman–Crippen LogP) is 4.47. The molecule has 0 bridgehead atoms. The van der Waals surface area contributed by atoms with Crippen molar-refractivity contribution < 1.29 is 35.8 Å². The number of benzene rings is 3. The summed E-state index contributed by atoms with van der Waals surface area (Å²) in [5.41, 5.74) is 1.65. The maximum Gasteiger partial charge on any atom is 0.573 e. The molecule has 41 heavy (non-hydrogen) atoms. The van der Waals surface area contributed by atoms with Crippen LogP contribution in [0, 0.1) is 5.82 Å². The van der Waals surface area contributed by atoms with Crippen molar-refractivity contribution in [2.75, 3.05) is 27.9 Å². The lowest BCUT2D eigenvalue weighted by Crippen LogP contribution is -2.28. The Balaban J connectivity index is 1.40. The molecule has 0 spiro atoms. The number of aromatic nitrogens is 2. The van der Waals surface area contributed by atoms with Crippen LogP contribution in [0.25, 0.3) is 0 Å². The van der Waals surface area contributed by atoms with Crippen LogP contribution in [0.15, 0.2) is 83.9 Å². The normalized spacial score (nSPS) is 12.4. The Bertz CT molecular complexity index is 1610. The summed E-state index contributed by atoms with van der Waals surface area (Å²) in [7, 11) is -2.36. The van der Waals surface area contributed by atoms with Gasteiger partial charge in [0, 0.05) is 29.8 Å². The van der Waals surface area contributed by atoms with E-state index in [4.69, 9.17) is 5.14 Å². The van der Waals surface area contributed by atoms with Gasteiger partial charge >= 0.3 is 6.36 Å². The van der Waals surface area contributed by atoms with Gasteiger partial charge in [0.2, 0.25) is 22.3 Å². The Labute approximate surface area is 231 Å². The smallest absolute Gasteiger partial charge is 0.406 e. The molecule has 0 saturated carbocycles. The number of nitrogens with two attached hydrogens (primary N) is 1. The van der Waals surface area contributed by atoms with Gasteiger partial charge in [-0.05, 0) is 66.7 Å². The second kappa shape index (κ2) is 11.8. The third-order valence-corrected chi connectivity index (χ3v) is 6.32. The van der Waals surface area contributed by atoms with Crippen molar-refractivity contribution in [3.8, 4) is 5.75 Å². The highest BCUT2D eigenvalue weighted by Gasteiger charge is 2.31. The molecule has 0 radical (unpaired) electrons. The highest BCUT2D eigenvalue weighted by molar-refractivity contribution is 7.89. The van der Waals surface area contributed by atoms with Gasteiger partial charge in [0.05, 0.1) is 11.1 Å². The molecule has 1 heterocycles. The first-order valence-corrected chi connectivity index (χ1v) is 13.1. The van der Waals surface area contributed by atoms with Crippen LogP contribution >= 0.6 is 0 Å². The van der Waals surface area contributed by atoms with Gasteiger partial charge in [-0.2, -0.15) is 4.98 Å². The number of sulfonamides is 1. The van der Waals surface area contributed by atoms with Crippen molar-refractivity contribution in [2.45, 2.75) is 17.6 Å². The number of aliphatic hydroxyl groups is 1. The van der Waals surface area contributed by atoms with Crippen molar-refractivity contribution in [3.63, 3.8) is 0 Å². The van der Waals surface area contributed by atoms with Crippen LogP contribution in [0.1, 0.15) is 0 Å². The number of nitrogens with zero attached hydrogens (tertiary/aromatic N) is 3. The van der Waals surface area contributed by atoms with Crippen molar-refractivity contribution in [1.82, 2.24) is 9.97 Å². The van der Waals surface area contributed by atoms with Crippen LogP contribution in [-0.4, -0.2) is 43.3 Å². The molecule has 0 saturated heterocycles. The largest absolute Gasteiger partial charge is 0.573 e. The summed E-state index contributed by atoms with van der Waals surface area (Å²) < 4.78 is 78.5. The standard InChI is InChI=1S/C25H23F4N7O4S/c1-36(22-21(26)14-31-23(35-22)32-17-3-2-4-20(13-17)41(30,38)39)18-9-5-15(6-10-18)33-24(37)34-16-7-11-19(12-8-16)40-25(27,28)29/h2-14,24,33-34,37H,1H3,(H2,30,38,39)(H,31,32,35). The molecule has 1 unspecified atom stereocenters. The SMILES string of the molecule is CN(c1ccc(NC(O)Nc2ccc(OC(F)(F)F)cc2)cc1)c1nc(Nc2cccc(S(N)(=O)=O)c2)ncc1F. The molecule has 0 fully saturated rings. The number of hydrogen-bond donors (Lipinski definition) is 5. The van der Waals surface area contributed by atoms with E-state index in [0.717, 1.165) is 18.3 Å². The molecule has 4 aromatic rings. The Hall–Kier alpha value is -4.67. The molecule has 3 aromatic carbocycles. The monoisotopic (exact) mass is 593 g/mol. The molecule has 0 amide bonds. The summed E-state index contributed by atoms with van der Waals surface area (Å²) in [6, 6.07) is 16.9. The maximum atomic E-state index is 14.6. The zero-order valence-electron chi connectivity index (χ0n) is 21.1. The van der Waals surface area contributed by atoms with Gasteiger partial charge in [-0.3, -0.25) is 0 Å². The first-order chi connectivity index (χ1) is 19.3. The molecule has 0 aliphatic carbocycles. The Morgan fingerprint density at radius 1 is 0.976 bits per heavy atom. The molecule has 16 heteroatoms. The highest BCUT2D eigenvalue weighted by atomic mass is 32.2. The molecule has 11 nitrogen and oxygen atoms in total. The lowest BCUT2D eigenvalue weighted by molar-refractivity contribution is -0.274. The van der Waals surface area contributed by atoms with Crippen LogP contribution in [0.3, 0.4) is 0 Å². The summed E-state index contributed by atoms with van der Waals surface area (Å²) in [5.74, 6) is -1.19. The van der Waals surface area contributed by atoms with E-state index in [2.05, 4.69) is 30.7 Å². The molecule has 6 N–H and O–H groups in total. The summed E-state index contributed by atoms with van der Waals surface area (Å²) >= 11 is 0. The molecule has 4 rings (SSSR count). The highest BCUT2D eigenvalue weighted by Crippen LogP contribution is 2.28. The summed E-state index contributed by atoms with van der Waals surface area (Å²) in [4.78, 5) is 9.42. The third-order valence-electron chi connectivity index (χ3n) is 5.41. The minimum atomic E-state index is -4.81. The minimum Gasteiger partial charge on any atom is -0.406 e. The number of anilines is 6. The number of nitrogens with one attached hydrogen (secondary N) is 3. The van der Waals surface area contributed by atoms with Gasteiger partial charge in [-0.1, -0.05) is 6.07 Å². The predicted molar refractivity (Wildman–Crippen MR) is 144 cm³/mol. The van der Waals surface area contributed by atoms with Crippen molar-refractivity contribution in [1.29, 1.82) is 0 Å². The van der Waals surface area contributed by atoms with Crippen LogP contribution < -0.4 is 30.7 Å².